The molecule has 22 heavy (non-hydrogen) atoms. The first-order chi connectivity index (χ1) is 10.6. The summed E-state index contributed by atoms with van der Waals surface area (Å²) < 4.78 is 0. The summed E-state index contributed by atoms with van der Waals surface area (Å²) in [6, 6.07) is 8.53. The Labute approximate surface area is 130 Å². The van der Waals surface area contributed by atoms with Crippen LogP contribution in [0.15, 0.2) is 24.3 Å². The second kappa shape index (κ2) is 6.51. The zero-order chi connectivity index (χ0) is 15.5. The summed E-state index contributed by atoms with van der Waals surface area (Å²) in [5.41, 5.74) is 2.86. The van der Waals surface area contributed by atoms with Crippen LogP contribution in [0, 0.1) is 17.8 Å². The van der Waals surface area contributed by atoms with E-state index in [4.69, 9.17) is 5.11 Å². The first kappa shape index (κ1) is 15.1. The number of carbonyl (C=O) groups is 2. The lowest BCUT2D eigenvalue weighted by molar-refractivity contribution is -0.146. The van der Waals surface area contributed by atoms with Crippen LogP contribution < -0.4 is 5.32 Å². The molecule has 0 radical (unpaired) electrons. The highest BCUT2D eigenvalue weighted by atomic mass is 16.4. The molecular weight excluding hydrogens is 278 g/mol. The third-order valence-corrected chi connectivity index (χ3v) is 5.16. The van der Waals surface area contributed by atoms with Crippen LogP contribution in [0.4, 0.5) is 0 Å². The molecule has 1 saturated carbocycles. The fraction of sp³-hybridized carbons (Fsp3) is 0.556. The second-order valence-corrected chi connectivity index (χ2v) is 6.60. The molecule has 1 amide bonds. The highest BCUT2D eigenvalue weighted by molar-refractivity contribution is 5.85. The molecule has 1 aromatic rings. The minimum Gasteiger partial charge on any atom is -0.481 e. The predicted octanol–water partition coefficient (Wildman–Crippen LogP) is 2.41. The topological polar surface area (TPSA) is 66.4 Å². The molecule has 0 aromatic heterocycles. The van der Waals surface area contributed by atoms with Crippen molar-refractivity contribution in [2.45, 2.75) is 38.5 Å². The van der Waals surface area contributed by atoms with Gasteiger partial charge in [-0.1, -0.05) is 30.7 Å². The van der Waals surface area contributed by atoms with E-state index in [1.54, 1.807) is 0 Å². The number of aliphatic carboxylic acids is 1. The number of carbonyl (C=O) groups excluding carboxylic acids is 1. The number of hydrogen-bond acceptors (Lipinski definition) is 2. The van der Waals surface area contributed by atoms with Crippen molar-refractivity contribution in [3.8, 4) is 0 Å². The van der Waals surface area contributed by atoms with Crippen molar-refractivity contribution in [3.63, 3.8) is 0 Å². The van der Waals surface area contributed by atoms with Crippen LogP contribution in [0.1, 0.15) is 36.8 Å². The Morgan fingerprint density at radius 1 is 1.09 bits per heavy atom. The maximum Gasteiger partial charge on any atom is 0.307 e. The normalized spacial score (nSPS) is 24.2. The van der Waals surface area contributed by atoms with Gasteiger partial charge in [0, 0.05) is 6.54 Å². The molecule has 2 atom stereocenters. The van der Waals surface area contributed by atoms with Gasteiger partial charge in [0.25, 0.3) is 0 Å². The standard InChI is InChI=1S/C18H23NO3/c20-17(15-6-3-7-16(15)18(21)22)19-9-8-12-10-13-4-1-2-5-14(13)11-12/h1-2,4-5,12,15-16H,3,6-11H2,(H,19,20)(H,21,22)/t15-,16+/m0/s1. The largest absolute Gasteiger partial charge is 0.481 e. The summed E-state index contributed by atoms with van der Waals surface area (Å²) in [4.78, 5) is 23.3. The van der Waals surface area contributed by atoms with Gasteiger partial charge in [-0.25, -0.2) is 0 Å². The number of rotatable bonds is 5. The summed E-state index contributed by atoms with van der Waals surface area (Å²) in [6.07, 6.45) is 5.32. The van der Waals surface area contributed by atoms with Crippen LogP contribution >= 0.6 is 0 Å². The smallest absolute Gasteiger partial charge is 0.307 e. The molecule has 0 heterocycles. The minimum atomic E-state index is -0.830. The third kappa shape index (κ3) is 3.16. The van der Waals surface area contributed by atoms with Crippen LogP contribution in [0.25, 0.3) is 0 Å². The van der Waals surface area contributed by atoms with Crippen LogP contribution in [0.2, 0.25) is 0 Å². The van der Waals surface area contributed by atoms with Crippen molar-refractivity contribution in [3.05, 3.63) is 35.4 Å². The highest BCUT2D eigenvalue weighted by Crippen LogP contribution is 2.32. The lowest BCUT2D eigenvalue weighted by Gasteiger charge is -2.16. The quantitative estimate of drug-likeness (QED) is 0.877. The maximum absolute atomic E-state index is 12.2. The van der Waals surface area contributed by atoms with Gasteiger partial charge in [-0.3, -0.25) is 9.59 Å². The molecule has 3 rings (SSSR count). The van der Waals surface area contributed by atoms with E-state index in [0.29, 0.717) is 25.3 Å². The number of amides is 1. The Kier molecular flexibility index (Phi) is 4.46. The molecule has 4 heteroatoms. The van der Waals surface area contributed by atoms with Crippen LogP contribution in [-0.4, -0.2) is 23.5 Å². The monoisotopic (exact) mass is 301 g/mol. The van der Waals surface area contributed by atoms with E-state index in [0.717, 1.165) is 25.7 Å². The van der Waals surface area contributed by atoms with Gasteiger partial charge in [-0.05, 0) is 49.1 Å². The first-order valence-electron chi connectivity index (χ1n) is 8.22. The summed E-state index contributed by atoms with van der Waals surface area (Å²) in [5.74, 6) is -1.13. The van der Waals surface area contributed by atoms with Gasteiger partial charge >= 0.3 is 5.97 Å². The van der Waals surface area contributed by atoms with Gasteiger partial charge in [-0.2, -0.15) is 0 Å². The number of nitrogens with one attached hydrogen (secondary N) is 1. The van der Waals surface area contributed by atoms with Crippen LogP contribution in [0.3, 0.4) is 0 Å². The van der Waals surface area contributed by atoms with Crippen molar-refractivity contribution < 1.29 is 14.7 Å². The molecule has 0 spiro atoms. The Morgan fingerprint density at radius 3 is 2.36 bits per heavy atom. The second-order valence-electron chi connectivity index (χ2n) is 6.60. The molecule has 4 nitrogen and oxygen atoms in total. The minimum absolute atomic E-state index is 0.0691. The summed E-state index contributed by atoms with van der Waals surface area (Å²) >= 11 is 0. The van der Waals surface area contributed by atoms with E-state index in [9.17, 15) is 9.59 Å². The molecule has 2 aliphatic rings. The van der Waals surface area contributed by atoms with Crippen molar-refractivity contribution in [1.29, 1.82) is 0 Å². The van der Waals surface area contributed by atoms with E-state index in [2.05, 4.69) is 29.6 Å². The number of benzene rings is 1. The average molecular weight is 301 g/mol. The molecule has 0 unspecified atom stereocenters. The van der Waals surface area contributed by atoms with Gasteiger partial charge in [-0.15, -0.1) is 0 Å². The van der Waals surface area contributed by atoms with E-state index < -0.39 is 11.9 Å². The molecule has 1 aromatic carbocycles. The molecule has 0 aliphatic heterocycles. The van der Waals surface area contributed by atoms with Crippen molar-refractivity contribution in [2.75, 3.05) is 6.54 Å². The molecule has 118 valence electrons. The first-order valence-corrected chi connectivity index (χ1v) is 8.22. The number of hydrogen-bond donors (Lipinski definition) is 2. The molecule has 2 aliphatic carbocycles. The van der Waals surface area contributed by atoms with Crippen molar-refractivity contribution >= 4 is 11.9 Å². The zero-order valence-electron chi connectivity index (χ0n) is 12.8. The van der Waals surface area contributed by atoms with Crippen molar-refractivity contribution in [2.24, 2.45) is 17.8 Å². The van der Waals surface area contributed by atoms with Gasteiger partial charge in [0.15, 0.2) is 0 Å². The lowest BCUT2D eigenvalue weighted by atomic mass is 9.95. The fourth-order valence-corrected chi connectivity index (χ4v) is 3.95. The number of carboxylic acids is 1. The van der Waals surface area contributed by atoms with Crippen LogP contribution in [0.5, 0.6) is 0 Å². The molecule has 1 fully saturated rings. The van der Waals surface area contributed by atoms with Gasteiger partial charge in [0.05, 0.1) is 11.8 Å². The Balaban J connectivity index is 1.44. The van der Waals surface area contributed by atoms with E-state index in [1.807, 2.05) is 0 Å². The summed E-state index contributed by atoms with van der Waals surface area (Å²) in [5, 5.41) is 12.1. The highest BCUT2D eigenvalue weighted by Gasteiger charge is 2.37. The Morgan fingerprint density at radius 2 is 1.73 bits per heavy atom. The summed E-state index contributed by atoms with van der Waals surface area (Å²) in [7, 11) is 0. The zero-order valence-corrected chi connectivity index (χ0v) is 12.8. The fourth-order valence-electron chi connectivity index (χ4n) is 3.95. The van der Waals surface area contributed by atoms with E-state index >= 15 is 0 Å². The van der Waals surface area contributed by atoms with Gasteiger partial charge in [0.2, 0.25) is 5.91 Å². The number of fused-ring (bicyclic) bond motifs is 1. The molecule has 2 N–H and O–H groups in total. The Hall–Kier alpha value is -1.84. The Bertz CT molecular complexity index is 544. The van der Waals surface area contributed by atoms with Crippen LogP contribution in [-0.2, 0) is 22.4 Å². The molecular formula is C18H23NO3. The maximum atomic E-state index is 12.2. The molecule has 0 bridgehead atoms. The summed E-state index contributed by atoms with van der Waals surface area (Å²) in [6.45, 7) is 0.653. The lowest BCUT2D eigenvalue weighted by Crippen LogP contribution is -2.36. The van der Waals surface area contributed by atoms with Gasteiger partial charge < -0.3 is 10.4 Å². The van der Waals surface area contributed by atoms with E-state index in [-0.39, 0.29) is 11.8 Å². The molecule has 0 saturated heterocycles. The number of carboxylic acid groups (broad SMARTS) is 1. The third-order valence-electron chi connectivity index (χ3n) is 5.16. The van der Waals surface area contributed by atoms with Gasteiger partial charge in [0.1, 0.15) is 0 Å². The average Bonchev–Trinajstić information content (AvgIpc) is 3.13. The van der Waals surface area contributed by atoms with E-state index in [1.165, 1.54) is 11.1 Å². The SMILES string of the molecule is O=C(NCCC1Cc2ccccc2C1)[C@H]1CCC[C@H]1C(=O)O. The predicted molar refractivity (Wildman–Crippen MR) is 83.4 cm³/mol. The van der Waals surface area contributed by atoms with Crippen molar-refractivity contribution in [1.82, 2.24) is 5.32 Å².